The van der Waals surface area contributed by atoms with Crippen molar-refractivity contribution in [2.45, 2.75) is 162 Å². The third-order valence-corrected chi connectivity index (χ3v) is 18.5. The largest absolute Gasteiger partial charge is 0.396 e. The number of ether oxygens (including phenoxy) is 2. The maximum absolute atomic E-state index is 14.9. The quantitative estimate of drug-likeness (QED) is 0.186. The Labute approximate surface area is 364 Å². The number of ketones is 2. The van der Waals surface area contributed by atoms with Crippen molar-refractivity contribution in [3.05, 3.63) is 69.6 Å². The number of quaternary nitrogens is 1. The SMILES string of the molecule is Cc1cc(CC2=C(CCO)[NH+](CC3C4=C(C(C)CC(O)C5OC5(C)C)C(=O)CC4(C)C4(C)CCC5C(C)(C)C(=O)CCC5(C)C4C3O)C3C=CN=C23)cc(C2CCOCC2)c1. The standard InChI is InChI=1S/C52H72N2O7/c1-29-22-31(25-33(23-29)32-14-20-60-21-15-32)26-34-36(13-19-55)54(37-12-18-53-44(34)37)28-35-43-42(30(2)24-38(56)47-49(5,6)61-47)39(57)27-52(43,9)51(8)17-10-40-48(3,4)41(58)11-16-50(40,7)46(51)45(35)59/h12,18,22-23,25,30,32,35,37-38,40,45-47,55-56,59H,10-11,13-17,19-21,24,26-28H2,1-9H3/p+1. The van der Waals surface area contributed by atoms with Crippen LogP contribution >= 0.6 is 0 Å². The number of carbonyl (C=O) groups excluding carboxylic acids is 2. The van der Waals surface area contributed by atoms with E-state index in [9.17, 15) is 24.9 Å². The van der Waals surface area contributed by atoms with Crippen LogP contribution in [0.25, 0.3) is 0 Å². The highest BCUT2D eigenvalue weighted by Crippen LogP contribution is 2.74. The molecule has 4 aliphatic heterocycles. The van der Waals surface area contributed by atoms with Crippen LogP contribution in [0.4, 0.5) is 0 Å². The van der Waals surface area contributed by atoms with Gasteiger partial charge in [-0.25, -0.2) is 0 Å². The molecule has 9 nitrogen and oxygen atoms in total. The Kier molecular flexibility index (Phi) is 10.8. The summed E-state index contributed by atoms with van der Waals surface area (Å²) in [7, 11) is 0. The van der Waals surface area contributed by atoms with Crippen LogP contribution in [0.2, 0.25) is 0 Å². The summed E-state index contributed by atoms with van der Waals surface area (Å²) in [6, 6.07) is 6.94. The molecule has 9 heteroatoms. The molecule has 9 rings (SSSR count). The lowest BCUT2D eigenvalue weighted by molar-refractivity contribution is -0.871. The minimum Gasteiger partial charge on any atom is -0.396 e. The number of carbonyl (C=O) groups is 2. The van der Waals surface area contributed by atoms with Crippen molar-refractivity contribution in [1.29, 1.82) is 0 Å². The van der Waals surface area contributed by atoms with E-state index in [-0.39, 0.29) is 64.6 Å². The first kappa shape index (κ1) is 43.5. The zero-order valence-electron chi connectivity index (χ0n) is 38.4. The molecule has 61 heavy (non-hydrogen) atoms. The van der Waals surface area contributed by atoms with Crippen LogP contribution in [-0.4, -0.2) is 88.9 Å². The number of hydrogen-bond acceptors (Lipinski definition) is 8. The predicted octanol–water partition coefficient (Wildman–Crippen LogP) is 6.56. The normalized spacial score (nSPS) is 39.8. The van der Waals surface area contributed by atoms with E-state index in [0.717, 1.165) is 67.9 Å². The van der Waals surface area contributed by atoms with E-state index in [1.54, 1.807) is 0 Å². The van der Waals surface area contributed by atoms with E-state index in [1.807, 2.05) is 20.0 Å². The Bertz CT molecular complexity index is 2110. The van der Waals surface area contributed by atoms with Gasteiger partial charge < -0.3 is 24.8 Å². The fourth-order valence-electron chi connectivity index (χ4n) is 15.4. The maximum Gasteiger partial charge on any atom is 0.160 e. The van der Waals surface area contributed by atoms with Gasteiger partial charge in [-0.3, -0.25) is 19.5 Å². The van der Waals surface area contributed by atoms with Crippen LogP contribution in [0.3, 0.4) is 0 Å². The smallest absolute Gasteiger partial charge is 0.160 e. The van der Waals surface area contributed by atoms with Gasteiger partial charge in [0.05, 0.1) is 36.9 Å². The summed E-state index contributed by atoms with van der Waals surface area (Å²) in [5, 5.41) is 35.8. The minimum absolute atomic E-state index is 0.00260. The van der Waals surface area contributed by atoms with Crippen molar-refractivity contribution in [1.82, 2.24) is 0 Å². The van der Waals surface area contributed by atoms with Crippen LogP contribution in [0.15, 0.2) is 57.9 Å². The minimum atomic E-state index is -0.759. The van der Waals surface area contributed by atoms with E-state index >= 15 is 0 Å². The van der Waals surface area contributed by atoms with Crippen LogP contribution in [0.1, 0.15) is 136 Å². The van der Waals surface area contributed by atoms with Gasteiger partial charge in [-0.1, -0.05) is 65.3 Å². The molecule has 4 heterocycles. The van der Waals surface area contributed by atoms with Gasteiger partial charge in [0.25, 0.3) is 0 Å². The lowest BCUT2D eigenvalue weighted by Gasteiger charge is -2.69. The summed E-state index contributed by atoms with van der Waals surface area (Å²) < 4.78 is 11.6. The molecule has 0 spiro atoms. The summed E-state index contributed by atoms with van der Waals surface area (Å²) in [5.41, 5.74) is 7.04. The molecule has 8 aliphatic rings. The maximum atomic E-state index is 14.9. The number of allylic oxidation sites excluding steroid dienone is 1. The molecular formula is C52H73N2O7+. The molecule has 0 bridgehead atoms. The zero-order chi connectivity index (χ0) is 43.6. The molecule has 12 unspecified atom stereocenters. The van der Waals surface area contributed by atoms with Crippen LogP contribution < -0.4 is 4.90 Å². The van der Waals surface area contributed by atoms with E-state index < -0.39 is 23.0 Å². The van der Waals surface area contributed by atoms with Gasteiger partial charge >= 0.3 is 0 Å². The first-order valence-electron chi connectivity index (χ1n) is 23.7. The van der Waals surface area contributed by atoms with E-state index in [2.05, 4.69) is 72.7 Å². The van der Waals surface area contributed by atoms with Gasteiger partial charge in [0.1, 0.15) is 23.3 Å². The average Bonchev–Trinajstić information content (AvgIpc) is 3.44. The summed E-state index contributed by atoms with van der Waals surface area (Å²) in [6.07, 6.45) is 9.43. The highest BCUT2D eigenvalue weighted by molar-refractivity contribution is 6.08. The average molecular weight is 838 g/mol. The molecule has 1 aromatic carbocycles. The number of aliphatic imine (C=N–C) groups is 1. The second kappa shape index (κ2) is 15.2. The summed E-state index contributed by atoms with van der Waals surface area (Å²) in [5.74, 6) is 0.362. The molecule has 332 valence electrons. The van der Waals surface area contributed by atoms with Crippen molar-refractivity contribution in [3.8, 4) is 0 Å². The van der Waals surface area contributed by atoms with Gasteiger partial charge in [0.2, 0.25) is 0 Å². The molecule has 5 fully saturated rings. The molecule has 0 aromatic heterocycles. The van der Waals surface area contributed by atoms with Gasteiger partial charge in [-0.15, -0.1) is 0 Å². The lowest BCUT2D eigenvalue weighted by Crippen LogP contribution is -3.14. The summed E-state index contributed by atoms with van der Waals surface area (Å²) >= 11 is 0. The van der Waals surface area contributed by atoms with Crippen molar-refractivity contribution in [3.63, 3.8) is 0 Å². The first-order chi connectivity index (χ1) is 28.8. The Morgan fingerprint density at radius 2 is 1.72 bits per heavy atom. The lowest BCUT2D eigenvalue weighted by atomic mass is 9.34. The number of aryl methyl sites for hydroxylation is 1. The summed E-state index contributed by atoms with van der Waals surface area (Å²) in [4.78, 5) is 34.7. The molecule has 12 atom stereocenters. The third kappa shape index (κ3) is 6.71. The van der Waals surface area contributed by atoms with Gasteiger partial charge in [-0.05, 0) is 122 Å². The molecule has 0 amide bonds. The molecule has 4 N–H and O–H groups in total. The number of nitrogens with one attached hydrogen (secondary N) is 1. The van der Waals surface area contributed by atoms with Gasteiger partial charge in [0.15, 0.2) is 11.8 Å². The number of fused-ring (bicyclic) bond motifs is 6. The molecule has 1 aromatic rings. The first-order valence-corrected chi connectivity index (χ1v) is 23.7. The molecule has 4 aliphatic carbocycles. The fourth-order valence-corrected chi connectivity index (χ4v) is 15.4. The van der Waals surface area contributed by atoms with E-state index in [4.69, 9.17) is 14.5 Å². The second-order valence-corrected chi connectivity index (χ2v) is 22.6. The summed E-state index contributed by atoms with van der Waals surface area (Å²) in [6.45, 7) is 21.7. The van der Waals surface area contributed by atoms with Crippen LogP contribution in [0.5, 0.6) is 0 Å². The van der Waals surface area contributed by atoms with Crippen LogP contribution in [0, 0.1) is 52.3 Å². The highest BCUT2D eigenvalue weighted by atomic mass is 16.6. The fraction of sp³-hybridized carbons (Fsp3) is 0.712. The number of Topliss-reactive ketones (excluding diaryl/α,β-unsaturated/α-hetero) is 2. The Balaban J connectivity index is 1.15. The molecule has 3 saturated carbocycles. The number of epoxide rings is 1. The Hall–Kier alpha value is -2.79. The highest BCUT2D eigenvalue weighted by Gasteiger charge is 2.72. The Morgan fingerprint density at radius 3 is 2.41 bits per heavy atom. The molecule has 0 radical (unpaired) electrons. The van der Waals surface area contributed by atoms with E-state index in [1.165, 1.54) is 27.2 Å². The molecular weight excluding hydrogens is 765 g/mol. The second-order valence-electron chi connectivity index (χ2n) is 22.6. The van der Waals surface area contributed by atoms with Gasteiger partial charge in [0, 0.05) is 61.5 Å². The van der Waals surface area contributed by atoms with Crippen molar-refractivity contribution in [2.24, 2.45) is 50.3 Å². The number of benzene rings is 1. The topological polar surface area (TPSA) is 133 Å². The van der Waals surface area contributed by atoms with Gasteiger partial charge in [-0.2, -0.15) is 0 Å². The van der Waals surface area contributed by atoms with E-state index in [0.29, 0.717) is 50.4 Å². The predicted molar refractivity (Wildman–Crippen MR) is 236 cm³/mol. The van der Waals surface area contributed by atoms with Crippen LogP contribution in [-0.2, 0) is 25.5 Å². The number of aliphatic hydroxyl groups excluding tert-OH is 3. The van der Waals surface area contributed by atoms with Crippen molar-refractivity contribution in [2.75, 3.05) is 26.4 Å². The number of hydrogen-bond donors (Lipinski definition) is 4. The van der Waals surface area contributed by atoms with Crippen molar-refractivity contribution >= 4 is 17.3 Å². The number of nitrogens with zero attached hydrogens (tertiary/aromatic N) is 1. The van der Waals surface area contributed by atoms with Crippen molar-refractivity contribution < 1.29 is 39.3 Å². The monoisotopic (exact) mass is 838 g/mol. The number of rotatable bonds is 11. The zero-order valence-corrected chi connectivity index (χ0v) is 38.4. The number of aliphatic hydroxyl groups is 3. The molecule has 2 saturated heterocycles. The third-order valence-electron chi connectivity index (χ3n) is 18.5. The Morgan fingerprint density at radius 1 is 1.00 bits per heavy atom.